The Morgan fingerprint density at radius 1 is 1.22 bits per heavy atom. The summed E-state index contributed by atoms with van der Waals surface area (Å²) in [5.74, 6) is -0.590. The highest BCUT2D eigenvalue weighted by molar-refractivity contribution is 9.10. The molecule has 2 heterocycles. The molecule has 2 aromatic heterocycles. The average Bonchev–Trinajstić information content (AvgIpc) is 3.20. The van der Waals surface area contributed by atoms with Crippen molar-refractivity contribution < 1.29 is 9.18 Å². The molecule has 0 saturated heterocycles. The summed E-state index contributed by atoms with van der Waals surface area (Å²) >= 11 is 4.67. The molecule has 4 aromatic rings. The first kappa shape index (κ1) is 17.9. The summed E-state index contributed by atoms with van der Waals surface area (Å²) in [5, 5.41) is 8.39. The third kappa shape index (κ3) is 3.65. The van der Waals surface area contributed by atoms with Gasteiger partial charge in [0.1, 0.15) is 10.6 Å². The molecule has 136 valence electrons. The molecule has 0 aliphatic carbocycles. The first-order valence-electron chi connectivity index (χ1n) is 8.28. The molecule has 0 unspecified atom stereocenters. The Hall–Kier alpha value is -2.51. The number of aromatic nitrogens is 2. The van der Waals surface area contributed by atoms with Crippen LogP contribution in [0.5, 0.6) is 0 Å². The number of rotatable bonds is 4. The molecular formula is C20H15BrFN3OS. The number of nitrogens with zero attached hydrogens (tertiary/aromatic N) is 2. The van der Waals surface area contributed by atoms with E-state index in [1.54, 1.807) is 0 Å². The van der Waals surface area contributed by atoms with E-state index in [9.17, 15) is 9.18 Å². The number of fused-ring (bicyclic) bond motifs is 1. The van der Waals surface area contributed by atoms with Crippen LogP contribution in [0.3, 0.4) is 0 Å². The van der Waals surface area contributed by atoms with Gasteiger partial charge in [0, 0.05) is 9.86 Å². The van der Waals surface area contributed by atoms with Crippen LogP contribution in [-0.2, 0) is 6.54 Å². The van der Waals surface area contributed by atoms with Crippen LogP contribution in [0.15, 0.2) is 59.1 Å². The maximum atomic E-state index is 13.2. The normalized spacial score (nSPS) is 11.1. The maximum Gasteiger partial charge on any atom is 0.265 e. The largest absolute Gasteiger partial charge is 0.320 e. The minimum atomic E-state index is -0.363. The molecule has 0 aliphatic rings. The van der Waals surface area contributed by atoms with Crippen LogP contribution in [0, 0.1) is 12.7 Å². The Morgan fingerprint density at radius 2 is 2.00 bits per heavy atom. The van der Waals surface area contributed by atoms with Crippen molar-refractivity contribution in [3.8, 4) is 0 Å². The van der Waals surface area contributed by atoms with Crippen molar-refractivity contribution in [1.82, 2.24) is 9.78 Å². The van der Waals surface area contributed by atoms with Gasteiger partial charge in [-0.25, -0.2) is 4.39 Å². The van der Waals surface area contributed by atoms with Gasteiger partial charge in [0.2, 0.25) is 0 Å². The van der Waals surface area contributed by atoms with Crippen molar-refractivity contribution in [1.29, 1.82) is 0 Å². The van der Waals surface area contributed by atoms with Crippen LogP contribution in [0.4, 0.5) is 10.1 Å². The van der Waals surface area contributed by atoms with Gasteiger partial charge in [-0.05, 0) is 52.7 Å². The molecule has 0 radical (unpaired) electrons. The molecule has 2 aromatic carbocycles. The molecule has 0 spiro atoms. The van der Waals surface area contributed by atoms with Crippen molar-refractivity contribution in [3.63, 3.8) is 0 Å². The number of thiophene rings is 1. The summed E-state index contributed by atoms with van der Waals surface area (Å²) in [6.45, 7) is 2.59. The lowest BCUT2D eigenvalue weighted by molar-refractivity contribution is 0.103. The SMILES string of the molecule is Cc1nn(Cc2ccccc2)c2sc(C(=O)Nc3ccc(F)cc3Br)cc12. The number of nitrogens with one attached hydrogen (secondary N) is 1. The molecule has 1 N–H and O–H groups in total. The highest BCUT2D eigenvalue weighted by atomic mass is 79.9. The van der Waals surface area contributed by atoms with E-state index in [4.69, 9.17) is 0 Å². The number of amides is 1. The number of carbonyl (C=O) groups is 1. The third-order valence-corrected chi connectivity index (χ3v) is 5.99. The second kappa shape index (κ2) is 7.25. The van der Waals surface area contributed by atoms with Crippen LogP contribution in [0.2, 0.25) is 0 Å². The summed E-state index contributed by atoms with van der Waals surface area (Å²) in [5.41, 5.74) is 2.57. The number of benzene rings is 2. The second-order valence-electron chi connectivity index (χ2n) is 6.14. The summed E-state index contributed by atoms with van der Waals surface area (Å²) in [7, 11) is 0. The molecule has 0 atom stereocenters. The zero-order chi connectivity index (χ0) is 19.0. The van der Waals surface area contributed by atoms with Crippen LogP contribution in [0.25, 0.3) is 10.2 Å². The van der Waals surface area contributed by atoms with E-state index < -0.39 is 0 Å². The number of halogens is 2. The predicted molar refractivity (Wildman–Crippen MR) is 110 cm³/mol. The fraction of sp³-hybridized carbons (Fsp3) is 0.100. The molecule has 27 heavy (non-hydrogen) atoms. The van der Waals surface area contributed by atoms with Gasteiger partial charge < -0.3 is 5.32 Å². The van der Waals surface area contributed by atoms with E-state index in [-0.39, 0.29) is 11.7 Å². The molecule has 0 fully saturated rings. The highest BCUT2D eigenvalue weighted by Gasteiger charge is 2.17. The summed E-state index contributed by atoms with van der Waals surface area (Å²) < 4.78 is 15.7. The van der Waals surface area contributed by atoms with Crippen LogP contribution >= 0.6 is 27.3 Å². The smallest absolute Gasteiger partial charge is 0.265 e. The van der Waals surface area contributed by atoms with Crippen LogP contribution in [-0.4, -0.2) is 15.7 Å². The minimum absolute atomic E-state index is 0.228. The molecule has 0 saturated carbocycles. The Morgan fingerprint density at radius 3 is 2.74 bits per heavy atom. The number of carbonyl (C=O) groups excluding carboxylic acids is 1. The lowest BCUT2D eigenvalue weighted by atomic mass is 10.2. The zero-order valence-corrected chi connectivity index (χ0v) is 16.8. The summed E-state index contributed by atoms with van der Waals surface area (Å²) in [6.07, 6.45) is 0. The highest BCUT2D eigenvalue weighted by Crippen LogP contribution is 2.30. The van der Waals surface area contributed by atoms with E-state index >= 15 is 0 Å². The van der Waals surface area contributed by atoms with Gasteiger partial charge in [0.05, 0.1) is 22.8 Å². The van der Waals surface area contributed by atoms with E-state index in [1.165, 1.54) is 29.5 Å². The number of hydrogen-bond donors (Lipinski definition) is 1. The maximum absolute atomic E-state index is 13.2. The second-order valence-corrected chi connectivity index (χ2v) is 8.02. The van der Waals surface area contributed by atoms with E-state index in [0.717, 1.165) is 21.5 Å². The van der Waals surface area contributed by atoms with Crippen molar-refractivity contribution in [2.75, 3.05) is 5.32 Å². The summed E-state index contributed by atoms with van der Waals surface area (Å²) in [6, 6.07) is 16.1. The van der Waals surface area contributed by atoms with Gasteiger partial charge in [0.15, 0.2) is 0 Å². The number of aryl methyl sites for hydroxylation is 1. The quantitative estimate of drug-likeness (QED) is 0.445. The topological polar surface area (TPSA) is 46.9 Å². The van der Waals surface area contributed by atoms with E-state index in [0.29, 0.717) is 21.6 Å². The molecule has 4 nitrogen and oxygen atoms in total. The van der Waals surface area contributed by atoms with Crippen LogP contribution < -0.4 is 5.32 Å². The average molecular weight is 444 g/mol. The Bertz CT molecular complexity index is 1140. The Kier molecular flexibility index (Phi) is 4.80. The Labute approximate surface area is 167 Å². The molecule has 7 heteroatoms. The number of anilines is 1. The first-order valence-corrected chi connectivity index (χ1v) is 9.89. The van der Waals surface area contributed by atoms with E-state index in [2.05, 4.69) is 38.5 Å². The molecule has 0 bridgehead atoms. The van der Waals surface area contributed by atoms with Gasteiger partial charge in [-0.3, -0.25) is 9.48 Å². The van der Waals surface area contributed by atoms with Crippen LogP contribution in [0.1, 0.15) is 20.9 Å². The lowest BCUT2D eigenvalue weighted by Gasteiger charge is -2.06. The molecule has 1 amide bonds. The Balaban J connectivity index is 1.63. The molecule has 0 aliphatic heterocycles. The van der Waals surface area contributed by atoms with Gasteiger partial charge in [0.25, 0.3) is 5.91 Å². The fourth-order valence-electron chi connectivity index (χ4n) is 2.86. The fourth-order valence-corrected chi connectivity index (χ4v) is 4.37. The van der Waals surface area contributed by atoms with Crippen molar-refractivity contribution in [3.05, 3.63) is 81.0 Å². The molecular weight excluding hydrogens is 429 g/mol. The van der Waals surface area contributed by atoms with Gasteiger partial charge in [-0.15, -0.1) is 11.3 Å². The molecule has 4 rings (SSSR count). The zero-order valence-electron chi connectivity index (χ0n) is 14.4. The lowest BCUT2D eigenvalue weighted by Crippen LogP contribution is -2.10. The van der Waals surface area contributed by atoms with Gasteiger partial charge >= 0.3 is 0 Å². The van der Waals surface area contributed by atoms with Gasteiger partial charge in [-0.1, -0.05) is 30.3 Å². The monoisotopic (exact) mass is 443 g/mol. The summed E-state index contributed by atoms with van der Waals surface area (Å²) in [4.78, 5) is 14.2. The number of hydrogen-bond acceptors (Lipinski definition) is 3. The van der Waals surface area contributed by atoms with Crippen molar-refractivity contribution in [2.24, 2.45) is 0 Å². The predicted octanol–water partition coefficient (Wildman–Crippen LogP) is 5.61. The van der Waals surface area contributed by atoms with E-state index in [1.807, 2.05) is 35.9 Å². The first-order chi connectivity index (χ1) is 13.0. The van der Waals surface area contributed by atoms with Crippen molar-refractivity contribution >= 4 is 49.1 Å². The standard InChI is InChI=1S/C20H15BrFN3OS/c1-12-15-10-18(19(26)23-17-8-7-14(22)9-16(17)21)27-20(15)25(24-12)11-13-5-3-2-4-6-13/h2-10H,11H2,1H3,(H,23,26). The van der Waals surface area contributed by atoms with Crippen molar-refractivity contribution in [2.45, 2.75) is 13.5 Å². The minimum Gasteiger partial charge on any atom is -0.320 e. The van der Waals surface area contributed by atoms with Gasteiger partial charge in [-0.2, -0.15) is 5.10 Å². The third-order valence-electron chi connectivity index (χ3n) is 4.19.